The first-order valence-corrected chi connectivity index (χ1v) is 6.32. The smallest absolute Gasteiger partial charge is 0.251 e. The molecule has 0 spiro atoms. The molecule has 1 atom stereocenters. The van der Waals surface area contributed by atoms with Crippen molar-refractivity contribution in [2.45, 2.75) is 18.9 Å². The van der Waals surface area contributed by atoms with E-state index in [-0.39, 0.29) is 11.9 Å². The Hall–Kier alpha value is -0.870. The second-order valence-electron chi connectivity index (χ2n) is 4.03. The van der Waals surface area contributed by atoms with Crippen LogP contribution in [0.3, 0.4) is 0 Å². The molecule has 0 bridgehead atoms. The van der Waals surface area contributed by atoms with Crippen LogP contribution >= 0.6 is 15.9 Å². The third-order valence-corrected chi connectivity index (χ3v) is 3.21. The molecule has 4 heteroatoms. The number of benzene rings is 1. The molecule has 1 saturated heterocycles. The highest BCUT2D eigenvalue weighted by Crippen LogP contribution is 2.12. The molecule has 86 valence electrons. The summed E-state index contributed by atoms with van der Waals surface area (Å²) in [5.74, 6) is 0.00926. The lowest BCUT2D eigenvalue weighted by molar-refractivity contribution is 0.0930. The van der Waals surface area contributed by atoms with Gasteiger partial charge in [0.15, 0.2) is 0 Å². The van der Waals surface area contributed by atoms with Crippen molar-refractivity contribution in [1.29, 1.82) is 0 Å². The van der Waals surface area contributed by atoms with Gasteiger partial charge in [-0.1, -0.05) is 22.0 Å². The van der Waals surface area contributed by atoms with Crippen molar-refractivity contribution < 1.29 is 4.79 Å². The molecule has 1 amide bonds. The fraction of sp³-hybridized carbons (Fsp3) is 0.417. The van der Waals surface area contributed by atoms with Crippen molar-refractivity contribution >= 4 is 21.8 Å². The number of rotatable bonds is 2. The Balaban J connectivity index is 1.97. The topological polar surface area (TPSA) is 41.1 Å². The first kappa shape index (κ1) is 11.6. The standard InChI is InChI=1S/C12H15BrN2O/c13-10-4-1-3-9(7-10)12(16)15-11-5-2-6-14-8-11/h1,3-4,7,11,14H,2,5-6,8H2,(H,15,16)/t11-/m0/s1. The summed E-state index contributed by atoms with van der Waals surface area (Å²) in [6, 6.07) is 7.72. The van der Waals surface area contributed by atoms with Gasteiger partial charge in [0.05, 0.1) is 0 Å². The molecular formula is C12H15BrN2O. The minimum atomic E-state index is 0.00926. The Labute approximate surface area is 104 Å². The Morgan fingerprint density at radius 1 is 1.50 bits per heavy atom. The number of hydrogen-bond donors (Lipinski definition) is 2. The normalized spacial score (nSPS) is 20.4. The first-order valence-electron chi connectivity index (χ1n) is 5.53. The van der Waals surface area contributed by atoms with Crippen molar-refractivity contribution in [3.63, 3.8) is 0 Å². The zero-order chi connectivity index (χ0) is 11.4. The number of carbonyl (C=O) groups excluding carboxylic acids is 1. The van der Waals surface area contributed by atoms with Crippen LogP contribution in [0.1, 0.15) is 23.2 Å². The Morgan fingerprint density at radius 3 is 3.06 bits per heavy atom. The lowest BCUT2D eigenvalue weighted by Crippen LogP contribution is -2.45. The third kappa shape index (κ3) is 3.06. The van der Waals surface area contributed by atoms with E-state index < -0.39 is 0 Å². The lowest BCUT2D eigenvalue weighted by Gasteiger charge is -2.23. The number of hydrogen-bond acceptors (Lipinski definition) is 2. The van der Waals surface area contributed by atoms with E-state index in [0.29, 0.717) is 5.56 Å². The summed E-state index contributed by atoms with van der Waals surface area (Å²) in [4.78, 5) is 11.9. The summed E-state index contributed by atoms with van der Waals surface area (Å²) >= 11 is 3.36. The van der Waals surface area contributed by atoms with Crippen molar-refractivity contribution in [1.82, 2.24) is 10.6 Å². The van der Waals surface area contributed by atoms with Crippen LogP contribution in [0, 0.1) is 0 Å². The molecule has 3 nitrogen and oxygen atoms in total. The minimum Gasteiger partial charge on any atom is -0.348 e. The molecule has 0 aliphatic carbocycles. The molecule has 1 aromatic carbocycles. The molecular weight excluding hydrogens is 268 g/mol. The van der Waals surface area contributed by atoms with E-state index in [1.165, 1.54) is 0 Å². The molecule has 1 heterocycles. The van der Waals surface area contributed by atoms with E-state index in [1.807, 2.05) is 24.3 Å². The number of piperidine rings is 1. The highest BCUT2D eigenvalue weighted by Gasteiger charge is 2.16. The van der Waals surface area contributed by atoms with E-state index in [4.69, 9.17) is 0 Å². The van der Waals surface area contributed by atoms with Crippen molar-refractivity contribution in [3.8, 4) is 0 Å². The number of halogens is 1. The minimum absolute atomic E-state index is 0.00926. The van der Waals surface area contributed by atoms with Crippen LogP contribution in [-0.2, 0) is 0 Å². The van der Waals surface area contributed by atoms with Gasteiger partial charge in [-0.2, -0.15) is 0 Å². The lowest BCUT2D eigenvalue weighted by atomic mass is 10.1. The molecule has 2 rings (SSSR count). The van der Waals surface area contributed by atoms with Gasteiger partial charge in [0.1, 0.15) is 0 Å². The largest absolute Gasteiger partial charge is 0.348 e. The fourth-order valence-electron chi connectivity index (χ4n) is 1.87. The average Bonchev–Trinajstić information content (AvgIpc) is 2.30. The van der Waals surface area contributed by atoms with Gasteiger partial charge in [-0.25, -0.2) is 0 Å². The van der Waals surface area contributed by atoms with Crippen LogP contribution in [0.25, 0.3) is 0 Å². The molecule has 0 aromatic heterocycles. The molecule has 0 unspecified atom stereocenters. The van der Waals surface area contributed by atoms with Crippen LogP contribution in [0.2, 0.25) is 0 Å². The summed E-state index contributed by atoms with van der Waals surface area (Å²) in [6.07, 6.45) is 2.19. The SMILES string of the molecule is O=C(N[C@H]1CCCNC1)c1cccc(Br)c1. The van der Waals surface area contributed by atoms with Gasteiger partial charge >= 0.3 is 0 Å². The second kappa shape index (κ2) is 5.46. The second-order valence-corrected chi connectivity index (χ2v) is 4.94. The fourth-order valence-corrected chi connectivity index (χ4v) is 2.27. The molecule has 1 aliphatic heterocycles. The third-order valence-electron chi connectivity index (χ3n) is 2.72. The first-order chi connectivity index (χ1) is 7.75. The summed E-state index contributed by atoms with van der Waals surface area (Å²) in [5.41, 5.74) is 0.708. The summed E-state index contributed by atoms with van der Waals surface area (Å²) in [7, 11) is 0. The zero-order valence-corrected chi connectivity index (χ0v) is 10.6. The van der Waals surface area contributed by atoms with Gasteiger partial charge in [-0.05, 0) is 37.6 Å². The quantitative estimate of drug-likeness (QED) is 0.870. The maximum atomic E-state index is 11.9. The zero-order valence-electron chi connectivity index (χ0n) is 9.00. The number of nitrogens with one attached hydrogen (secondary N) is 2. The van der Waals surface area contributed by atoms with Crippen LogP contribution in [0.4, 0.5) is 0 Å². The van der Waals surface area contributed by atoms with Crippen LogP contribution in [0.15, 0.2) is 28.7 Å². The average molecular weight is 283 g/mol. The molecule has 16 heavy (non-hydrogen) atoms. The van der Waals surface area contributed by atoms with Gasteiger partial charge in [0.25, 0.3) is 5.91 Å². The van der Waals surface area contributed by atoms with Crippen molar-refractivity contribution in [3.05, 3.63) is 34.3 Å². The summed E-state index contributed by atoms with van der Waals surface area (Å²) in [6.45, 7) is 1.93. The van der Waals surface area contributed by atoms with Crippen LogP contribution in [-0.4, -0.2) is 25.0 Å². The number of amides is 1. The van der Waals surface area contributed by atoms with Gasteiger partial charge in [0, 0.05) is 22.6 Å². The highest BCUT2D eigenvalue weighted by atomic mass is 79.9. The van der Waals surface area contributed by atoms with Gasteiger partial charge in [0.2, 0.25) is 0 Å². The monoisotopic (exact) mass is 282 g/mol. The maximum absolute atomic E-state index is 11.9. The molecule has 0 radical (unpaired) electrons. The Bertz CT molecular complexity index is 375. The van der Waals surface area contributed by atoms with E-state index in [2.05, 4.69) is 26.6 Å². The van der Waals surface area contributed by atoms with Crippen LogP contribution < -0.4 is 10.6 Å². The summed E-state index contributed by atoms with van der Waals surface area (Å²) < 4.78 is 0.932. The Kier molecular flexibility index (Phi) is 3.96. The summed E-state index contributed by atoms with van der Waals surface area (Å²) in [5, 5.41) is 6.32. The predicted octanol–water partition coefficient (Wildman–Crippen LogP) is 1.93. The van der Waals surface area contributed by atoms with Crippen molar-refractivity contribution in [2.75, 3.05) is 13.1 Å². The van der Waals surface area contributed by atoms with Gasteiger partial charge in [-0.15, -0.1) is 0 Å². The maximum Gasteiger partial charge on any atom is 0.251 e. The van der Waals surface area contributed by atoms with Crippen LogP contribution in [0.5, 0.6) is 0 Å². The molecule has 1 fully saturated rings. The van der Waals surface area contributed by atoms with E-state index in [0.717, 1.165) is 30.4 Å². The molecule has 1 aliphatic rings. The van der Waals surface area contributed by atoms with Gasteiger partial charge in [-0.3, -0.25) is 4.79 Å². The predicted molar refractivity (Wildman–Crippen MR) is 67.5 cm³/mol. The van der Waals surface area contributed by atoms with E-state index in [9.17, 15) is 4.79 Å². The highest BCUT2D eigenvalue weighted by molar-refractivity contribution is 9.10. The molecule has 0 saturated carbocycles. The van der Waals surface area contributed by atoms with Gasteiger partial charge < -0.3 is 10.6 Å². The Morgan fingerprint density at radius 2 is 2.38 bits per heavy atom. The number of carbonyl (C=O) groups is 1. The van der Waals surface area contributed by atoms with Crippen molar-refractivity contribution in [2.24, 2.45) is 0 Å². The van der Waals surface area contributed by atoms with E-state index >= 15 is 0 Å². The van der Waals surface area contributed by atoms with E-state index in [1.54, 1.807) is 0 Å². The molecule has 1 aromatic rings. The molecule has 2 N–H and O–H groups in total.